The molecule has 0 amide bonds. The van der Waals surface area contributed by atoms with E-state index in [1.807, 2.05) is 18.2 Å². The van der Waals surface area contributed by atoms with Crippen molar-refractivity contribution in [2.24, 2.45) is 0 Å². The van der Waals surface area contributed by atoms with Gasteiger partial charge in [0, 0.05) is 47.2 Å². The second-order valence-corrected chi connectivity index (χ2v) is 10.2. The number of fused-ring (bicyclic) bond motifs is 3. The molecule has 2 aliphatic rings. The Kier molecular flexibility index (Phi) is 5.24. The lowest BCUT2D eigenvalue weighted by molar-refractivity contribution is 0.0525. The van der Waals surface area contributed by atoms with Gasteiger partial charge in [0.2, 0.25) is 17.6 Å². The fraction of sp³-hybridized carbons (Fsp3) is 0.423. The molecule has 0 bridgehead atoms. The van der Waals surface area contributed by atoms with E-state index >= 15 is 0 Å². The molecular formula is C26H30N4O3. The second-order valence-electron chi connectivity index (χ2n) is 10.2. The van der Waals surface area contributed by atoms with Crippen molar-refractivity contribution >= 4 is 0 Å². The van der Waals surface area contributed by atoms with E-state index in [0.717, 1.165) is 40.7 Å². The summed E-state index contributed by atoms with van der Waals surface area (Å²) in [6.07, 6.45) is 3.69. The first kappa shape index (κ1) is 21.6. The Hall–Kier alpha value is -3.19. The Balaban J connectivity index is 1.39. The second kappa shape index (κ2) is 7.99. The third-order valence-electron chi connectivity index (χ3n) is 6.21. The molecule has 7 nitrogen and oxygen atoms in total. The van der Waals surface area contributed by atoms with E-state index < -0.39 is 0 Å². The summed E-state index contributed by atoms with van der Waals surface area (Å²) in [7, 11) is 1.59. The van der Waals surface area contributed by atoms with Gasteiger partial charge in [-0.25, -0.2) is 0 Å². The molecule has 0 radical (unpaired) electrons. The van der Waals surface area contributed by atoms with Gasteiger partial charge in [-0.2, -0.15) is 10.1 Å². The first-order chi connectivity index (χ1) is 15.7. The van der Waals surface area contributed by atoms with Crippen LogP contribution in [0.15, 0.2) is 42.6 Å². The summed E-state index contributed by atoms with van der Waals surface area (Å²) >= 11 is 0. The molecule has 7 heteroatoms. The van der Waals surface area contributed by atoms with Crippen LogP contribution in [-0.2, 0) is 6.61 Å². The first-order valence-electron chi connectivity index (χ1n) is 11.3. The van der Waals surface area contributed by atoms with Gasteiger partial charge in [-0.3, -0.25) is 0 Å². The van der Waals surface area contributed by atoms with Gasteiger partial charge in [0.05, 0.1) is 13.3 Å². The largest absolute Gasteiger partial charge is 0.480 e. The quantitative estimate of drug-likeness (QED) is 0.617. The van der Waals surface area contributed by atoms with Crippen molar-refractivity contribution in [3.8, 4) is 39.9 Å². The maximum Gasteiger partial charge on any atom is 0.233 e. The zero-order chi connectivity index (χ0) is 23.2. The third kappa shape index (κ3) is 4.50. The molecule has 1 saturated heterocycles. The monoisotopic (exact) mass is 446 g/mol. The van der Waals surface area contributed by atoms with Crippen LogP contribution in [0, 0.1) is 0 Å². The smallest absolute Gasteiger partial charge is 0.233 e. The Morgan fingerprint density at radius 2 is 1.70 bits per heavy atom. The van der Waals surface area contributed by atoms with Crippen molar-refractivity contribution in [2.75, 3.05) is 7.11 Å². The van der Waals surface area contributed by atoms with Crippen molar-refractivity contribution in [3.63, 3.8) is 0 Å². The molecule has 3 aromatic rings. The first-order valence-corrected chi connectivity index (χ1v) is 11.3. The number of nitrogens with zero attached hydrogens (tertiary/aromatic N) is 3. The molecular weight excluding hydrogens is 416 g/mol. The fourth-order valence-electron chi connectivity index (χ4n) is 5.19. The van der Waals surface area contributed by atoms with Gasteiger partial charge in [0.25, 0.3) is 0 Å². The van der Waals surface area contributed by atoms with Crippen molar-refractivity contribution < 1.29 is 14.2 Å². The molecule has 172 valence electrons. The number of aromatic nitrogens is 3. The van der Waals surface area contributed by atoms with Crippen molar-refractivity contribution in [3.05, 3.63) is 48.2 Å². The van der Waals surface area contributed by atoms with Crippen molar-refractivity contribution in [1.82, 2.24) is 20.5 Å². The van der Waals surface area contributed by atoms with Crippen LogP contribution in [0.25, 0.3) is 22.3 Å². The molecule has 0 spiro atoms. The van der Waals surface area contributed by atoms with Gasteiger partial charge in [-0.05, 0) is 56.5 Å². The van der Waals surface area contributed by atoms with E-state index in [0.29, 0.717) is 24.2 Å². The van der Waals surface area contributed by atoms with E-state index in [2.05, 4.69) is 61.4 Å². The summed E-state index contributed by atoms with van der Waals surface area (Å²) in [6, 6.07) is 12.2. The lowest BCUT2D eigenvalue weighted by Gasteiger charge is -2.46. The molecule has 2 aliphatic heterocycles. The van der Waals surface area contributed by atoms with E-state index in [4.69, 9.17) is 19.2 Å². The number of nitrogens with one attached hydrogen (secondary N) is 1. The molecule has 0 atom stereocenters. The molecule has 0 saturated carbocycles. The van der Waals surface area contributed by atoms with Crippen LogP contribution in [-0.4, -0.2) is 39.5 Å². The Morgan fingerprint density at radius 3 is 2.45 bits per heavy atom. The van der Waals surface area contributed by atoms with Crippen LogP contribution in [0.2, 0.25) is 0 Å². The molecule has 0 unspecified atom stereocenters. The summed E-state index contributed by atoms with van der Waals surface area (Å²) in [6.45, 7) is 9.33. The van der Waals surface area contributed by atoms with Gasteiger partial charge in [-0.15, -0.1) is 5.10 Å². The summed E-state index contributed by atoms with van der Waals surface area (Å²) < 4.78 is 17.6. The van der Waals surface area contributed by atoms with Gasteiger partial charge >= 0.3 is 0 Å². The standard InChI is InChI=1S/C26H30N4O3/c1-25(2)12-19(13-26(3,4)30-25)33-22-9-8-21-20-7-6-16(10-18(20)15-32-24(21)28-22)17-11-23(31-5)29-27-14-17/h6-11,14,19,30H,12-13,15H2,1-5H3. The van der Waals surface area contributed by atoms with Gasteiger partial charge in [0.15, 0.2) is 0 Å². The minimum absolute atomic E-state index is 0.0160. The minimum Gasteiger partial charge on any atom is -0.480 e. The summed E-state index contributed by atoms with van der Waals surface area (Å²) in [5, 5.41) is 11.7. The van der Waals surface area contributed by atoms with Crippen LogP contribution in [0.4, 0.5) is 0 Å². The SMILES string of the molecule is COc1cc(-c2ccc3c(c2)COc2nc(OC4CC(C)(C)NC(C)(C)C4)ccc2-3)cnn1. The highest BCUT2D eigenvalue weighted by Gasteiger charge is 2.39. The molecule has 4 heterocycles. The van der Waals surface area contributed by atoms with Crippen LogP contribution in [0.5, 0.6) is 17.6 Å². The number of ether oxygens (including phenoxy) is 3. The lowest BCUT2D eigenvalue weighted by Crippen LogP contribution is -2.60. The number of rotatable bonds is 4. The minimum atomic E-state index is 0.0160. The average molecular weight is 447 g/mol. The predicted molar refractivity (Wildman–Crippen MR) is 127 cm³/mol. The van der Waals surface area contributed by atoms with Crippen molar-refractivity contribution in [2.45, 2.75) is 64.3 Å². The number of benzene rings is 1. The number of pyridine rings is 1. The number of hydrogen-bond acceptors (Lipinski definition) is 7. The van der Waals surface area contributed by atoms with E-state index in [1.165, 1.54) is 0 Å². The van der Waals surface area contributed by atoms with E-state index in [-0.39, 0.29) is 17.2 Å². The summed E-state index contributed by atoms with van der Waals surface area (Å²) in [5.74, 6) is 1.72. The summed E-state index contributed by atoms with van der Waals surface area (Å²) in [5.41, 5.74) is 5.23. The van der Waals surface area contributed by atoms with Gasteiger partial charge in [0.1, 0.15) is 12.7 Å². The van der Waals surface area contributed by atoms with Crippen LogP contribution >= 0.6 is 0 Å². The van der Waals surface area contributed by atoms with E-state index in [9.17, 15) is 0 Å². The fourth-order valence-corrected chi connectivity index (χ4v) is 5.19. The number of methoxy groups -OCH3 is 1. The van der Waals surface area contributed by atoms with Crippen LogP contribution in [0.3, 0.4) is 0 Å². The Morgan fingerprint density at radius 1 is 0.939 bits per heavy atom. The maximum absolute atomic E-state index is 6.32. The predicted octanol–water partition coefficient (Wildman–Crippen LogP) is 4.79. The normalized spacial score (nSPS) is 18.6. The van der Waals surface area contributed by atoms with E-state index in [1.54, 1.807) is 13.3 Å². The highest BCUT2D eigenvalue weighted by molar-refractivity contribution is 5.77. The molecule has 2 aromatic heterocycles. The zero-order valence-electron chi connectivity index (χ0n) is 19.8. The average Bonchev–Trinajstić information content (AvgIpc) is 2.76. The van der Waals surface area contributed by atoms with Crippen molar-refractivity contribution in [1.29, 1.82) is 0 Å². The molecule has 5 rings (SSSR count). The molecule has 1 fully saturated rings. The zero-order valence-corrected chi connectivity index (χ0v) is 19.8. The Labute approximate surface area is 194 Å². The maximum atomic E-state index is 6.32. The molecule has 0 aliphatic carbocycles. The number of hydrogen-bond donors (Lipinski definition) is 1. The van der Waals surface area contributed by atoms with Gasteiger partial charge in [-0.1, -0.05) is 12.1 Å². The highest BCUT2D eigenvalue weighted by Crippen LogP contribution is 2.40. The number of piperidine rings is 1. The Bertz CT molecular complexity index is 1180. The van der Waals surface area contributed by atoms with Gasteiger partial charge < -0.3 is 19.5 Å². The summed E-state index contributed by atoms with van der Waals surface area (Å²) in [4.78, 5) is 4.71. The highest BCUT2D eigenvalue weighted by atomic mass is 16.5. The van der Waals surface area contributed by atoms with Crippen LogP contribution in [0.1, 0.15) is 46.1 Å². The lowest BCUT2D eigenvalue weighted by atomic mass is 9.81. The topological polar surface area (TPSA) is 78.4 Å². The molecule has 1 aromatic carbocycles. The molecule has 33 heavy (non-hydrogen) atoms. The van der Waals surface area contributed by atoms with Crippen LogP contribution < -0.4 is 19.5 Å². The molecule has 1 N–H and O–H groups in total. The third-order valence-corrected chi connectivity index (χ3v) is 6.21.